The number of benzene rings is 1. The van der Waals surface area contributed by atoms with Crippen molar-refractivity contribution in [3.63, 3.8) is 0 Å². The number of amides is 1. The van der Waals surface area contributed by atoms with E-state index in [1.807, 2.05) is 13.0 Å². The second-order valence-corrected chi connectivity index (χ2v) is 4.31. The molecule has 18 heavy (non-hydrogen) atoms. The first-order chi connectivity index (χ1) is 8.41. The van der Waals surface area contributed by atoms with Gasteiger partial charge in [0.05, 0.1) is 5.56 Å². The number of carbonyl (C=O) groups excluding carboxylic acids is 1. The van der Waals surface area contributed by atoms with Crippen LogP contribution in [0.4, 0.5) is 5.69 Å². The maximum absolute atomic E-state index is 12.1. The molecular weight excluding hydrogens is 232 g/mol. The number of nitrogens with zero attached hydrogens (tertiary/aromatic N) is 1. The van der Waals surface area contributed by atoms with Gasteiger partial charge in [-0.3, -0.25) is 9.59 Å². The third-order valence-corrected chi connectivity index (χ3v) is 2.67. The smallest absolute Gasteiger partial charge is 0.303 e. The number of carbonyl (C=O) groups is 2. The van der Waals surface area contributed by atoms with Crippen LogP contribution in [0.25, 0.3) is 0 Å². The molecule has 0 saturated carbocycles. The molecule has 1 amide bonds. The molecule has 98 valence electrons. The second-order valence-electron chi connectivity index (χ2n) is 4.31. The van der Waals surface area contributed by atoms with Crippen molar-refractivity contribution in [2.45, 2.75) is 19.8 Å². The number of nitrogens with two attached hydrogens (primary N) is 1. The zero-order valence-electron chi connectivity index (χ0n) is 10.6. The second kappa shape index (κ2) is 6.05. The largest absolute Gasteiger partial charge is 0.481 e. The minimum absolute atomic E-state index is 0.0565. The van der Waals surface area contributed by atoms with Gasteiger partial charge in [0.2, 0.25) is 0 Å². The molecule has 5 heteroatoms. The lowest BCUT2D eigenvalue weighted by molar-refractivity contribution is -0.137. The van der Waals surface area contributed by atoms with Crippen molar-refractivity contribution in [2.24, 2.45) is 0 Å². The number of rotatable bonds is 5. The van der Waals surface area contributed by atoms with Gasteiger partial charge in [0.1, 0.15) is 0 Å². The van der Waals surface area contributed by atoms with Gasteiger partial charge in [0, 0.05) is 25.7 Å². The molecule has 0 radical (unpaired) electrons. The Kier molecular flexibility index (Phi) is 4.71. The van der Waals surface area contributed by atoms with E-state index in [9.17, 15) is 9.59 Å². The van der Waals surface area contributed by atoms with Crippen molar-refractivity contribution in [3.05, 3.63) is 29.3 Å². The van der Waals surface area contributed by atoms with Crippen molar-refractivity contribution >= 4 is 17.6 Å². The Labute approximate surface area is 106 Å². The number of anilines is 1. The average molecular weight is 250 g/mol. The van der Waals surface area contributed by atoms with Gasteiger partial charge < -0.3 is 15.7 Å². The van der Waals surface area contributed by atoms with Crippen LogP contribution in [0.2, 0.25) is 0 Å². The monoisotopic (exact) mass is 250 g/mol. The van der Waals surface area contributed by atoms with Crippen molar-refractivity contribution in [1.82, 2.24) is 4.90 Å². The Morgan fingerprint density at radius 3 is 2.67 bits per heavy atom. The van der Waals surface area contributed by atoms with E-state index in [1.54, 1.807) is 19.2 Å². The first-order valence-corrected chi connectivity index (χ1v) is 5.75. The fraction of sp³-hybridized carbons (Fsp3) is 0.385. The maximum atomic E-state index is 12.1. The summed E-state index contributed by atoms with van der Waals surface area (Å²) in [7, 11) is 1.64. The summed E-state index contributed by atoms with van der Waals surface area (Å²) < 4.78 is 0. The van der Waals surface area contributed by atoms with Crippen LogP contribution >= 0.6 is 0 Å². The fourth-order valence-corrected chi connectivity index (χ4v) is 1.63. The number of aliphatic carboxylic acids is 1. The maximum Gasteiger partial charge on any atom is 0.303 e. The minimum atomic E-state index is -0.856. The van der Waals surface area contributed by atoms with Crippen LogP contribution in [0.1, 0.15) is 28.8 Å². The van der Waals surface area contributed by atoms with Gasteiger partial charge in [-0.1, -0.05) is 11.6 Å². The SMILES string of the molecule is Cc1ccc(N)c(C(=O)N(C)CCCC(=O)O)c1. The van der Waals surface area contributed by atoms with Crippen LogP contribution in [0, 0.1) is 6.92 Å². The zero-order chi connectivity index (χ0) is 13.7. The van der Waals surface area contributed by atoms with Gasteiger partial charge in [-0.15, -0.1) is 0 Å². The number of carboxylic acid groups (broad SMARTS) is 1. The lowest BCUT2D eigenvalue weighted by Gasteiger charge is -2.18. The van der Waals surface area contributed by atoms with Crippen LogP contribution < -0.4 is 5.73 Å². The Hall–Kier alpha value is -2.04. The molecule has 0 aliphatic carbocycles. The molecular formula is C13H18N2O3. The average Bonchev–Trinajstić information content (AvgIpc) is 2.30. The van der Waals surface area contributed by atoms with Crippen molar-refractivity contribution in [2.75, 3.05) is 19.3 Å². The van der Waals surface area contributed by atoms with Crippen LogP contribution in [0.3, 0.4) is 0 Å². The lowest BCUT2D eigenvalue weighted by atomic mass is 10.1. The third-order valence-electron chi connectivity index (χ3n) is 2.67. The number of hydrogen-bond acceptors (Lipinski definition) is 3. The molecule has 0 aliphatic rings. The summed E-state index contributed by atoms with van der Waals surface area (Å²) in [6, 6.07) is 5.29. The molecule has 5 nitrogen and oxygen atoms in total. The van der Waals surface area contributed by atoms with E-state index < -0.39 is 5.97 Å². The van der Waals surface area contributed by atoms with Crippen molar-refractivity contribution < 1.29 is 14.7 Å². The van der Waals surface area contributed by atoms with E-state index in [0.29, 0.717) is 24.2 Å². The van der Waals surface area contributed by atoms with E-state index in [1.165, 1.54) is 4.90 Å². The Morgan fingerprint density at radius 1 is 1.39 bits per heavy atom. The van der Waals surface area contributed by atoms with Gasteiger partial charge in [-0.25, -0.2) is 0 Å². The highest BCUT2D eigenvalue weighted by atomic mass is 16.4. The normalized spacial score (nSPS) is 10.1. The quantitative estimate of drug-likeness (QED) is 0.776. The molecule has 0 aromatic heterocycles. The molecule has 0 fully saturated rings. The molecule has 1 aromatic carbocycles. The fourth-order valence-electron chi connectivity index (χ4n) is 1.63. The van der Waals surface area contributed by atoms with Crippen molar-refractivity contribution in [3.8, 4) is 0 Å². The molecule has 0 atom stereocenters. The van der Waals surface area contributed by atoms with E-state index in [2.05, 4.69) is 0 Å². The summed E-state index contributed by atoms with van der Waals surface area (Å²) in [5.41, 5.74) is 7.63. The first-order valence-electron chi connectivity index (χ1n) is 5.75. The number of hydrogen-bond donors (Lipinski definition) is 2. The third kappa shape index (κ3) is 3.76. The van der Waals surface area contributed by atoms with Crippen LogP contribution in [0.15, 0.2) is 18.2 Å². The first kappa shape index (κ1) is 14.0. The molecule has 0 heterocycles. The summed E-state index contributed by atoms with van der Waals surface area (Å²) in [6.07, 6.45) is 0.490. The molecule has 0 saturated heterocycles. The van der Waals surface area contributed by atoms with E-state index in [0.717, 1.165) is 5.56 Å². The van der Waals surface area contributed by atoms with Crippen molar-refractivity contribution in [1.29, 1.82) is 0 Å². The van der Waals surface area contributed by atoms with Crippen LogP contribution in [-0.4, -0.2) is 35.5 Å². The highest BCUT2D eigenvalue weighted by Gasteiger charge is 2.14. The summed E-state index contributed by atoms with van der Waals surface area (Å²) >= 11 is 0. The highest BCUT2D eigenvalue weighted by molar-refractivity contribution is 5.99. The van der Waals surface area contributed by atoms with Crippen LogP contribution in [0.5, 0.6) is 0 Å². The molecule has 3 N–H and O–H groups in total. The van der Waals surface area contributed by atoms with E-state index >= 15 is 0 Å². The van der Waals surface area contributed by atoms with Gasteiger partial charge in [-0.2, -0.15) is 0 Å². The zero-order valence-corrected chi connectivity index (χ0v) is 10.6. The standard InChI is InChI=1S/C13H18N2O3/c1-9-5-6-11(14)10(8-9)13(18)15(2)7-3-4-12(16)17/h5-6,8H,3-4,7,14H2,1-2H3,(H,16,17). The molecule has 0 bridgehead atoms. The van der Waals surface area contributed by atoms with E-state index in [-0.39, 0.29) is 12.3 Å². The predicted octanol–water partition coefficient (Wildman–Crippen LogP) is 1.51. The molecule has 1 aromatic rings. The number of aryl methyl sites for hydroxylation is 1. The number of carboxylic acids is 1. The summed E-state index contributed by atoms with van der Waals surface area (Å²) in [4.78, 5) is 24.0. The molecule has 1 rings (SSSR count). The van der Waals surface area contributed by atoms with Gasteiger partial charge in [0.25, 0.3) is 5.91 Å². The molecule has 0 aliphatic heterocycles. The summed E-state index contributed by atoms with van der Waals surface area (Å²) in [6.45, 7) is 2.29. The van der Waals surface area contributed by atoms with E-state index in [4.69, 9.17) is 10.8 Å². The molecule has 0 spiro atoms. The Balaban J connectivity index is 2.68. The predicted molar refractivity (Wildman–Crippen MR) is 69.4 cm³/mol. The summed E-state index contributed by atoms with van der Waals surface area (Å²) in [5.74, 6) is -1.03. The van der Waals surface area contributed by atoms with Crippen LogP contribution in [-0.2, 0) is 4.79 Å². The summed E-state index contributed by atoms with van der Waals surface area (Å²) in [5, 5.41) is 8.54. The minimum Gasteiger partial charge on any atom is -0.481 e. The molecule has 0 unspecified atom stereocenters. The lowest BCUT2D eigenvalue weighted by Crippen LogP contribution is -2.28. The topological polar surface area (TPSA) is 83.6 Å². The van der Waals surface area contributed by atoms with Gasteiger partial charge in [0.15, 0.2) is 0 Å². The highest BCUT2D eigenvalue weighted by Crippen LogP contribution is 2.15. The van der Waals surface area contributed by atoms with Gasteiger partial charge in [-0.05, 0) is 25.5 Å². The Morgan fingerprint density at radius 2 is 2.06 bits per heavy atom. The van der Waals surface area contributed by atoms with Gasteiger partial charge >= 0.3 is 5.97 Å². The Bertz CT molecular complexity index is 458. The number of nitrogen functional groups attached to an aromatic ring is 1.